The summed E-state index contributed by atoms with van der Waals surface area (Å²) in [5.74, 6) is 1.38. The highest BCUT2D eigenvalue weighted by molar-refractivity contribution is 5.32. The van der Waals surface area contributed by atoms with Gasteiger partial charge in [0.25, 0.3) is 0 Å². The van der Waals surface area contributed by atoms with Crippen LogP contribution in [0.25, 0.3) is 0 Å². The lowest BCUT2D eigenvalue weighted by atomic mass is 9.76. The molecule has 0 aromatic carbocycles. The van der Waals surface area contributed by atoms with E-state index in [1.54, 1.807) is 0 Å². The van der Waals surface area contributed by atoms with Crippen molar-refractivity contribution in [1.82, 2.24) is 9.97 Å². The molecule has 19 heavy (non-hydrogen) atoms. The van der Waals surface area contributed by atoms with E-state index in [9.17, 15) is 0 Å². The molecule has 0 amide bonds. The Bertz CT molecular complexity index is 421. The van der Waals surface area contributed by atoms with E-state index in [0.717, 1.165) is 30.8 Å². The molecule has 0 atom stereocenters. The summed E-state index contributed by atoms with van der Waals surface area (Å²) in [4.78, 5) is 8.69. The minimum atomic E-state index is 0.302. The molecule has 1 saturated carbocycles. The van der Waals surface area contributed by atoms with Gasteiger partial charge in [-0.3, -0.25) is 0 Å². The van der Waals surface area contributed by atoms with Gasteiger partial charge in [0.1, 0.15) is 6.10 Å². The van der Waals surface area contributed by atoms with Crippen molar-refractivity contribution in [2.45, 2.75) is 59.5 Å². The molecule has 0 aliphatic heterocycles. The van der Waals surface area contributed by atoms with Crippen molar-refractivity contribution in [2.75, 3.05) is 11.9 Å². The average Bonchev–Trinajstić information content (AvgIpc) is 2.36. The number of hydrogen-bond donors (Lipinski definition) is 1. The molecule has 1 fully saturated rings. The maximum absolute atomic E-state index is 6.08. The molecule has 1 N–H and O–H groups in total. The van der Waals surface area contributed by atoms with E-state index >= 15 is 0 Å². The van der Waals surface area contributed by atoms with Gasteiger partial charge in [0.05, 0.1) is 0 Å². The van der Waals surface area contributed by atoms with Crippen molar-refractivity contribution in [1.29, 1.82) is 0 Å². The van der Waals surface area contributed by atoms with Gasteiger partial charge in [-0.05, 0) is 44.9 Å². The van der Waals surface area contributed by atoms with Crippen molar-refractivity contribution >= 4 is 5.95 Å². The largest absolute Gasteiger partial charge is 0.474 e. The lowest BCUT2D eigenvalue weighted by molar-refractivity contribution is 0.0942. The second-order valence-electron chi connectivity index (χ2n) is 6.19. The zero-order valence-corrected chi connectivity index (χ0v) is 12.5. The van der Waals surface area contributed by atoms with Gasteiger partial charge in [-0.2, -0.15) is 4.98 Å². The summed E-state index contributed by atoms with van der Waals surface area (Å²) in [6.45, 7) is 9.52. The Morgan fingerprint density at radius 1 is 1.37 bits per heavy atom. The Kier molecular flexibility index (Phi) is 4.27. The van der Waals surface area contributed by atoms with Crippen LogP contribution in [0.1, 0.15) is 52.0 Å². The lowest BCUT2D eigenvalue weighted by Gasteiger charge is -2.34. The molecule has 1 heterocycles. The Labute approximate surface area is 116 Å². The third-order valence-corrected chi connectivity index (χ3v) is 3.82. The molecule has 0 spiro atoms. The highest BCUT2D eigenvalue weighted by Gasteiger charge is 2.28. The van der Waals surface area contributed by atoms with E-state index in [1.165, 1.54) is 12.8 Å². The standard InChI is InChI=1S/C15H25N3O/c1-5-16-14-17-10-11(2)13(18-14)19-12-6-8-15(3,4)9-7-12/h10,12H,5-9H2,1-4H3,(H,16,17,18). The number of nitrogens with one attached hydrogen (secondary N) is 1. The molecule has 0 saturated heterocycles. The van der Waals surface area contributed by atoms with Crippen LogP contribution >= 0.6 is 0 Å². The van der Waals surface area contributed by atoms with E-state index in [-0.39, 0.29) is 0 Å². The van der Waals surface area contributed by atoms with E-state index in [2.05, 4.69) is 29.1 Å². The maximum Gasteiger partial charge on any atom is 0.225 e. The smallest absolute Gasteiger partial charge is 0.225 e. The third-order valence-electron chi connectivity index (χ3n) is 3.82. The number of hydrogen-bond acceptors (Lipinski definition) is 4. The van der Waals surface area contributed by atoms with Crippen LogP contribution in [-0.2, 0) is 0 Å². The normalized spacial score (nSPS) is 19.2. The number of aryl methyl sites for hydroxylation is 1. The van der Waals surface area contributed by atoms with Gasteiger partial charge >= 0.3 is 0 Å². The number of aromatic nitrogens is 2. The Morgan fingerprint density at radius 3 is 2.68 bits per heavy atom. The van der Waals surface area contributed by atoms with Crippen molar-refractivity contribution < 1.29 is 4.74 Å². The van der Waals surface area contributed by atoms with Gasteiger partial charge in [-0.1, -0.05) is 13.8 Å². The van der Waals surface area contributed by atoms with Crippen LogP contribution in [0.3, 0.4) is 0 Å². The minimum absolute atomic E-state index is 0.302. The summed E-state index contributed by atoms with van der Waals surface area (Å²) >= 11 is 0. The van der Waals surface area contributed by atoms with Gasteiger partial charge in [0.15, 0.2) is 0 Å². The van der Waals surface area contributed by atoms with Gasteiger partial charge in [0, 0.05) is 18.3 Å². The monoisotopic (exact) mass is 263 g/mol. The molecule has 1 aromatic heterocycles. The van der Waals surface area contributed by atoms with Crippen LogP contribution in [0.2, 0.25) is 0 Å². The van der Waals surface area contributed by atoms with E-state index in [0.29, 0.717) is 17.5 Å². The molecule has 1 aromatic rings. The van der Waals surface area contributed by atoms with E-state index < -0.39 is 0 Å². The summed E-state index contributed by atoms with van der Waals surface area (Å²) in [6.07, 6.45) is 6.81. The molecule has 0 unspecified atom stereocenters. The molecule has 106 valence electrons. The molecular formula is C15H25N3O. The zero-order valence-electron chi connectivity index (χ0n) is 12.5. The number of anilines is 1. The first-order valence-electron chi connectivity index (χ1n) is 7.24. The maximum atomic E-state index is 6.08. The molecule has 4 nitrogen and oxygen atoms in total. The SMILES string of the molecule is CCNc1ncc(C)c(OC2CCC(C)(C)CC2)n1. The average molecular weight is 263 g/mol. The quantitative estimate of drug-likeness (QED) is 0.902. The van der Waals surface area contributed by atoms with Gasteiger partial charge < -0.3 is 10.1 Å². The highest BCUT2D eigenvalue weighted by Crippen LogP contribution is 2.36. The Balaban J connectivity index is 2.00. The lowest BCUT2D eigenvalue weighted by Crippen LogP contribution is -2.28. The van der Waals surface area contributed by atoms with Gasteiger partial charge in [-0.15, -0.1) is 0 Å². The van der Waals surface area contributed by atoms with Crippen LogP contribution in [0, 0.1) is 12.3 Å². The third kappa shape index (κ3) is 3.82. The van der Waals surface area contributed by atoms with Crippen LogP contribution in [0.5, 0.6) is 5.88 Å². The Hall–Kier alpha value is -1.32. The fraction of sp³-hybridized carbons (Fsp3) is 0.733. The zero-order chi connectivity index (χ0) is 13.9. The van der Waals surface area contributed by atoms with Crippen LogP contribution < -0.4 is 10.1 Å². The van der Waals surface area contributed by atoms with Crippen molar-refractivity contribution in [2.24, 2.45) is 5.41 Å². The second kappa shape index (κ2) is 5.76. The summed E-state index contributed by atoms with van der Waals surface area (Å²) in [5.41, 5.74) is 1.47. The fourth-order valence-electron chi connectivity index (χ4n) is 2.44. The summed E-state index contributed by atoms with van der Waals surface area (Å²) < 4.78 is 6.08. The van der Waals surface area contributed by atoms with Crippen LogP contribution in [0.4, 0.5) is 5.95 Å². The van der Waals surface area contributed by atoms with Crippen LogP contribution in [-0.4, -0.2) is 22.6 Å². The Morgan fingerprint density at radius 2 is 2.05 bits per heavy atom. The predicted molar refractivity (Wildman–Crippen MR) is 77.6 cm³/mol. The molecule has 0 radical (unpaired) electrons. The first kappa shape index (κ1) is 14.1. The molecular weight excluding hydrogens is 238 g/mol. The second-order valence-corrected chi connectivity index (χ2v) is 6.19. The first-order valence-corrected chi connectivity index (χ1v) is 7.24. The fourth-order valence-corrected chi connectivity index (χ4v) is 2.44. The minimum Gasteiger partial charge on any atom is -0.474 e. The highest BCUT2D eigenvalue weighted by atomic mass is 16.5. The van der Waals surface area contributed by atoms with Crippen molar-refractivity contribution in [3.05, 3.63) is 11.8 Å². The molecule has 1 aliphatic carbocycles. The summed E-state index contributed by atoms with van der Waals surface area (Å²) in [5, 5.41) is 3.12. The van der Waals surface area contributed by atoms with E-state index in [1.807, 2.05) is 20.0 Å². The number of nitrogens with zero attached hydrogens (tertiary/aromatic N) is 2. The summed E-state index contributed by atoms with van der Waals surface area (Å²) in [7, 11) is 0. The first-order chi connectivity index (χ1) is 9.00. The number of ether oxygens (including phenoxy) is 1. The number of rotatable bonds is 4. The van der Waals surface area contributed by atoms with E-state index in [4.69, 9.17) is 4.74 Å². The van der Waals surface area contributed by atoms with Gasteiger partial charge in [-0.25, -0.2) is 4.98 Å². The summed E-state index contributed by atoms with van der Waals surface area (Å²) in [6, 6.07) is 0. The molecule has 0 bridgehead atoms. The topological polar surface area (TPSA) is 47.0 Å². The van der Waals surface area contributed by atoms with Crippen LogP contribution in [0.15, 0.2) is 6.20 Å². The predicted octanol–water partition coefficient (Wildman–Crippen LogP) is 3.56. The van der Waals surface area contributed by atoms with Gasteiger partial charge in [0.2, 0.25) is 11.8 Å². The molecule has 2 rings (SSSR count). The molecule has 4 heteroatoms. The van der Waals surface area contributed by atoms with Crippen molar-refractivity contribution in [3.8, 4) is 5.88 Å². The molecule has 1 aliphatic rings. The van der Waals surface area contributed by atoms with Crippen molar-refractivity contribution in [3.63, 3.8) is 0 Å².